The second-order valence-electron chi connectivity index (χ2n) is 15.4. The Bertz CT molecular complexity index is 2440. The summed E-state index contributed by atoms with van der Waals surface area (Å²) in [4.78, 5) is 71.8. The molecule has 63 heavy (non-hydrogen) atoms. The summed E-state index contributed by atoms with van der Waals surface area (Å²) in [6, 6.07) is 36.7. The van der Waals surface area contributed by atoms with Gasteiger partial charge in [0.1, 0.15) is 0 Å². The Balaban J connectivity index is 1.19. The van der Waals surface area contributed by atoms with Gasteiger partial charge in [-0.1, -0.05) is 103 Å². The number of amides is 2. The number of anilines is 1. The van der Waals surface area contributed by atoms with Gasteiger partial charge in [-0.3, -0.25) is 14.2 Å². The zero-order chi connectivity index (χ0) is 43.5. The average Bonchev–Trinajstić information content (AvgIpc) is 3.91. The summed E-state index contributed by atoms with van der Waals surface area (Å²) < 4.78 is 20.2. The molecule has 2 fully saturated rings. The Morgan fingerprint density at radius 1 is 0.730 bits per heavy atom. The van der Waals surface area contributed by atoms with Crippen LogP contribution in [-0.2, 0) is 19.0 Å². The monoisotopic (exact) mass is 850 g/mol. The van der Waals surface area contributed by atoms with Gasteiger partial charge < -0.3 is 35.1 Å². The van der Waals surface area contributed by atoms with Gasteiger partial charge in [-0.15, -0.1) is 0 Å². The number of aromatic nitrogens is 4. The molecule has 4 atom stereocenters. The standard InChI is InChI=1S/C48H50N8O7/c1-2-49-44(57)39-38(62-47(59)34-22-12-5-13-23-34)40(63-48(60)35-24-14-6-15-25-35)46(61-39)56-31-52-37-41(51-30-36(32-18-8-3-9-19-32)33-20-10-4-11-21-33)53-42(54-43(37)56)45(58)50-26-29-55-27-16-7-17-28-55/h3-6,8-15,18-25,31,36,38-40,46H,2,7,16-17,26-30H2,1H3,(H,49,57)(H,50,58)(H,51,53,54)/t38-,39+,40-,46?/m1/s1. The van der Waals surface area contributed by atoms with E-state index in [-0.39, 0.29) is 46.4 Å². The first-order chi connectivity index (χ1) is 30.9. The molecule has 6 aromatic rings. The summed E-state index contributed by atoms with van der Waals surface area (Å²) in [5, 5.41) is 9.23. The summed E-state index contributed by atoms with van der Waals surface area (Å²) >= 11 is 0. The minimum Gasteiger partial charge on any atom is -0.451 e. The number of imidazole rings is 1. The van der Waals surface area contributed by atoms with Crippen LogP contribution >= 0.6 is 0 Å². The van der Waals surface area contributed by atoms with Crippen LogP contribution in [0.25, 0.3) is 11.2 Å². The molecule has 2 aliphatic heterocycles. The topological polar surface area (TPSA) is 179 Å². The van der Waals surface area contributed by atoms with Crippen molar-refractivity contribution in [2.24, 2.45) is 0 Å². The number of hydrogen-bond donors (Lipinski definition) is 3. The molecule has 324 valence electrons. The molecule has 2 aromatic heterocycles. The fraction of sp³-hybridized carbons (Fsp3) is 0.312. The van der Waals surface area contributed by atoms with E-state index in [9.17, 15) is 19.2 Å². The Morgan fingerprint density at radius 2 is 1.30 bits per heavy atom. The van der Waals surface area contributed by atoms with Crippen molar-refractivity contribution in [3.05, 3.63) is 156 Å². The average molecular weight is 851 g/mol. The highest BCUT2D eigenvalue weighted by atomic mass is 16.6. The number of carbonyl (C=O) groups excluding carboxylic acids is 4. The predicted octanol–water partition coefficient (Wildman–Crippen LogP) is 5.77. The molecule has 2 amide bonds. The molecule has 0 bridgehead atoms. The summed E-state index contributed by atoms with van der Waals surface area (Å²) in [7, 11) is 0. The van der Waals surface area contributed by atoms with E-state index >= 15 is 0 Å². The van der Waals surface area contributed by atoms with Crippen LogP contribution in [0.5, 0.6) is 0 Å². The summed E-state index contributed by atoms with van der Waals surface area (Å²) in [5.41, 5.74) is 3.02. The van der Waals surface area contributed by atoms with Crippen molar-refractivity contribution >= 4 is 40.7 Å². The van der Waals surface area contributed by atoms with Crippen LogP contribution in [0.1, 0.15) is 80.8 Å². The van der Waals surface area contributed by atoms with Crippen LogP contribution in [0.4, 0.5) is 5.82 Å². The van der Waals surface area contributed by atoms with Crippen LogP contribution in [0.15, 0.2) is 128 Å². The molecule has 4 heterocycles. The lowest BCUT2D eigenvalue weighted by molar-refractivity contribution is -0.137. The lowest BCUT2D eigenvalue weighted by atomic mass is 9.91. The second-order valence-corrected chi connectivity index (χ2v) is 15.4. The first kappa shape index (κ1) is 42.7. The molecule has 8 rings (SSSR count). The van der Waals surface area contributed by atoms with E-state index in [0.29, 0.717) is 19.6 Å². The lowest BCUT2D eigenvalue weighted by Crippen LogP contribution is -2.46. The number of nitrogens with zero attached hydrogens (tertiary/aromatic N) is 5. The molecule has 1 unspecified atom stereocenters. The molecule has 0 aliphatic carbocycles. The van der Waals surface area contributed by atoms with Gasteiger partial charge in [-0.25, -0.2) is 24.5 Å². The van der Waals surface area contributed by atoms with Crippen molar-refractivity contribution < 1.29 is 33.4 Å². The number of rotatable bonds is 16. The van der Waals surface area contributed by atoms with Crippen molar-refractivity contribution in [1.82, 2.24) is 35.1 Å². The van der Waals surface area contributed by atoms with Gasteiger partial charge in [0.2, 0.25) is 5.82 Å². The summed E-state index contributed by atoms with van der Waals surface area (Å²) in [6.45, 7) is 5.39. The molecule has 15 heteroatoms. The van der Waals surface area contributed by atoms with Crippen LogP contribution < -0.4 is 16.0 Å². The van der Waals surface area contributed by atoms with E-state index in [1.54, 1.807) is 67.6 Å². The van der Waals surface area contributed by atoms with E-state index in [0.717, 1.165) is 37.1 Å². The van der Waals surface area contributed by atoms with E-state index < -0.39 is 48.3 Å². The molecule has 4 aromatic carbocycles. The van der Waals surface area contributed by atoms with Gasteiger partial charge in [-0.2, -0.15) is 0 Å². The maximum absolute atomic E-state index is 14.0. The number of ether oxygens (including phenoxy) is 3. The first-order valence-corrected chi connectivity index (χ1v) is 21.4. The molecule has 0 spiro atoms. The fourth-order valence-corrected chi connectivity index (χ4v) is 8.05. The van der Waals surface area contributed by atoms with Crippen LogP contribution in [0.3, 0.4) is 0 Å². The third kappa shape index (κ3) is 10.1. The van der Waals surface area contributed by atoms with Crippen LogP contribution in [0.2, 0.25) is 0 Å². The minimum atomic E-state index is -1.43. The SMILES string of the molecule is CCNC(=O)[C@H]1OC(n2cnc3c(NCC(c4ccccc4)c4ccccc4)nc(C(=O)NCCN4CCCCC4)nc32)[C@H](OC(=O)c2ccccc2)[C@@H]1OC(=O)c1ccccc1. The molecular weight excluding hydrogens is 801 g/mol. The van der Waals surface area contributed by atoms with Gasteiger partial charge in [0.05, 0.1) is 17.5 Å². The van der Waals surface area contributed by atoms with Gasteiger partial charge in [-0.05, 0) is 68.2 Å². The molecule has 3 N–H and O–H groups in total. The zero-order valence-corrected chi connectivity index (χ0v) is 35.0. The second kappa shape index (κ2) is 20.3. The Hall–Kier alpha value is -6.97. The normalized spacial score (nSPS) is 18.8. The lowest BCUT2D eigenvalue weighted by Gasteiger charge is -2.26. The maximum atomic E-state index is 14.0. The number of piperidine rings is 1. The van der Waals surface area contributed by atoms with Crippen molar-refractivity contribution in [1.29, 1.82) is 0 Å². The number of hydrogen-bond acceptors (Lipinski definition) is 12. The summed E-state index contributed by atoms with van der Waals surface area (Å²) in [6.07, 6.45) is -0.689. The number of likely N-dealkylation sites (tertiary alicyclic amines) is 1. The largest absolute Gasteiger partial charge is 0.451 e. The van der Waals surface area contributed by atoms with Gasteiger partial charge >= 0.3 is 11.9 Å². The van der Waals surface area contributed by atoms with Crippen molar-refractivity contribution in [2.45, 2.75) is 56.6 Å². The number of benzene rings is 4. The third-order valence-corrected chi connectivity index (χ3v) is 11.2. The Labute approximate surface area is 365 Å². The molecule has 15 nitrogen and oxygen atoms in total. The molecule has 2 aliphatic rings. The van der Waals surface area contributed by atoms with Crippen LogP contribution in [-0.4, -0.2) is 106 Å². The van der Waals surface area contributed by atoms with E-state index in [1.165, 1.54) is 17.3 Å². The van der Waals surface area contributed by atoms with Crippen molar-refractivity contribution in [2.75, 3.05) is 44.6 Å². The summed E-state index contributed by atoms with van der Waals surface area (Å²) in [5.74, 6) is -2.55. The smallest absolute Gasteiger partial charge is 0.338 e. The Kier molecular flexibility index (Phi) is 13.7. The highest BCUT2D eigenvalue weighted by Gasteiger charge is 2.54. The third-order valence-electron chi connectivity index (χ3n) is 11.2. The van der Waals surface area contributed by atoms with Crippen molar-refractivity contribution in [3.63, 3.8) is 0 Å². The van der Waals surface area contributed by atoms with Gasteiger partial charge in [0.15, 0.2) is 41.5 Å². The van der Waals surface area contributed by atoms with Crippen LogP contribution in [0, 0.1) is 0 Å². The van der Waals surface area contributed by atoms with E-state index in [2.05, 4.69) is 45.1 Å². The molecule has 2 saturated heterocycles. The minimum absolute atomic E-state index is 0.112. The van der Waals surface area contributed by atoms with Gasteiger partial charge in [0, 0.05) is 32.1 Å². The predicted molar refractivity (Wildman–Crippen MR) is 235 cm³/mol. The van der Waals surface area contributed by atoms with E-state index in [1.807, 2.05) is 36.4 Å². The van der Waals surface area contributed by atoms with Crippen molar-refractivity contribution in [3.8, 4) is 0 Å². The highest BCUT2D eigenvalue weighted by molar-refractivity contribution is 5.95. The number of nitrogens with one attached hydrogen (secondary N) is 3. The van der Waals surface area contributed by atoms with Gasteiger partial charge in [0.25, 0.3) is 11.8 Å². The quantitative estimate of drug-likeness (QED) is 0.100. The number of esters is 2. The Morgan fingerprint density at radius 3 is 1.89 bits per heavy atom. The first-order valence-electron chi connectivity index (χ1n) is 21.4. The number of carbonyl (C=O) groups is 4. The highest BCUT2D eigenvalue weighted by Crippen LogP contribution is 2.38. The zero-order valence-electron chi connectivity index (χ0n) is 35.0. The maximum Gasteiger partial charge on any atom is 0.338 e. The van der Waals surface area contributed by atoms with E-state index in [4.69, 9.17) is 29.2 Å². The number of fused-ring (bicyclic) bond motifs is 1. The number of likely N-dealkylation sites (N-methyl/N-ethyl adjacent to an activating group) is 1. The molecular formula is C48H50N8O7. The molecule has 0 saturated carbocycles. The fourth-order valence-electron chi connectivity index (χ4n) is 8.05. The molecule has 0 radical (unpaired) electrons.